The van der Waals surface area contributed by atoms with Gasteiger partial charge in [0.1, 0.15) is 5.75 Å². The molecule has 1 aliphatic heterocycles. The van der Waals surface area contributed by atoms with Gasteiger partial charge in [-0.05, 0) is 56.6 Å². The molecule has 2 saturated carbocycles. The average molecular weight is 271 g/mol. The molecule has 2 heteroatoms. The van der Waals surface area contributed by atoms with Crippen LogP contribution in [0.25, 0.3) is 0 Å². The van der Waals surface area contributed by atoms with E-state index in [1.807, 2.05) is 0 Å². The summed E-state index contributed by atoms with van der Waals surface area (Å²) in [7, 11) is 2.12. The van der Waals surface area contributed by atoms with Gasteiger partial charge in [-0.15, -0.1) is 0 Å². The minimum absolute atomic E-state index is 0.537. The number of hydrogen-bond acceptors (Lipinski definition) is 2. The van der Waals surface area contributed by atoms with E-state index in [9.17, 15) is 0 Å². The van der Waals surface area contributed by atoms with Crippen molar-refractivity contribution in [2.24, 2.45) is 17.8 Å². The van der Waals surface area contributed by atoms with Gasteiger partial charge in [-0.3, -0.25) is 0 Å². The number of hydrogen-bond donors (Lipinski definition) is 1. The molecular formula is C18H25NO. The first-order chi connectivity index (χ1) is 9.85. The summed E-state index contributed by atoms with van der Waals surface area (Å²) in [6.45, 7) is 0.853. The second kappa shape index (κ2) is 5.07. The zero-order chi connectivity index (χ0) is 13.5. The summed E-state index contributed by atoms with van der Waals surface area (Å²) in [6, 6.07) is 9.15. The van der Waals surface area contributed by atoms with E-state index in [1.54, 1.807) is 0 Å². The molecule has 2 bridgehead atoms. The molecule has 1 heterocycles. The quantitative estimate of drug-likeness (QED) is 0.904. The first-order valence-electron chi connectivity index (χ1n) is 8.24. The second-order valence-electron chi connectivity index (χ2n) is 7.02. The van der Waals surface area contributed by atoms with Gasteiger partial charge in [-0.1, -0.05) is 24.6 Å². The molecule has 5 atom stereocenters. The molecule has 0 saturated heterocycles. The summed E-state index contributed by atoms with van der Waals surface area (Å²) in [5, 5.41) is 3.59. The van der Waals surface area contributed by atoms with Gasteiger partial charge in [-0.2, -0.15) is 0 Å². The van der Waals surface area contributed by atoms with Gasteiger partial charge in [0.2, 0.25) is 0 Å². The van der Waals surface area contributed by atoms with Crippen LogP contribution < -0.4 is 10.1 Å². The van der Waals surface area contributed by atoms with E-state index in [0.717, 1.165) is 30.1 Å². The van der Waals surface area contributed by atoms with Crippen molar-refractivity contribution >= 4 is 0 Å². The Balaban J connectivity index is 1.49. The molecule has 0 aromatic heterocycles. The van der Waals surface area contributed by atoms with Crippen LogP contribution in [0.15, 0.2) is 24.3 Å². The zero-order valence-electron chi connectivity index (χ0n) is 12.3. The third kappa shape index (κ3) is 2.05. The van der Waals surface area contributed by atoms with Crippen molar-refractivity contribution in [2.45, 2.75) is 44.1 Å². The Morgan fingerprint density at radius 1 is 1.25 bits per heavy atom. The van der Waals surface area contributed by atoms with E-state index >= 15 is 0 Å². The van der Waals surface area contributed by atoms with Gasteiger partial charge in [0.15, 0.2) is 0 Å². The van der Waals surface area contributed by atoms with E-state index in [-0.39, 0.29) is 0 Å². The van der Waals surface area contributed by atoms with Gasteiger partial charge in [0.25, 0.3) is 0 Å². The van der Waals surface area contributed by atoms with E-state index in [0.29, 0.717) is 12.0 Å². The Morgan fingerprint density at radius 2 is 2.15 bits per heavy atom. The van der Waals surface area contributed by atoms with Gasteiger partial charge >= 0.3 is 0 Å². The fourth-order valence-electron chi connectivity index (χ4n) is 5.00. The van der Waals surface area contributed by atoms with Crippen LogP contribution in [0.5, 0.6) is 5.75 Å². The lowest BCUT2D eigenvalue weighted by molar-refractivity contribution is 0.243. The summed E-state index contributed by atoms with van der Waals surface area (Å²) in [5.41, 5.74) is 1.41. The highest BCUT2D eigenvalue weighted by Crippen LogP contribution is 2.51. The maximum Gasteiger partial charge on any atom is 0.122 e. The molecule has 1 N–H and O–H groups in total. The van der Waals surface area contributed by atoms with Crippen molar-refractivity contribution in [3.05, 3.63) is 29.8 Å². The number of rotatable bonds is 4. The highest BCUT2D eigenvalue weighted by atomic mass is 16.5. The molecule has 5 unspecified atom stereocenters. The number of para-hydroxylation sites is 1. The van der Waals surface area contributed by atoms with Crippen molar-refractivity contribution in [1.29, 1.82) is 0 Å². The topological polar surface area (TPSA) is 21.3 Å². The van der Waals surface area contributed by atoms with Gasteiger partial charge in [-0.25, -0.2) is 0 Å². The molecule has 0 radical (unpaired) electrons. The zero-order valence-corrected chi connectivity index (χ0v) is 12.3. The van der Waals surface area contributed by atoms with Gasteiger partial charge < -0.3 is 10.1 Å². The normalized spacial score (nSPS) is 35.9. The lowest BCUT2D eigenvalue weighted by Gasteiger charge is -2.29. The van der Waals surface area contributed by atoms with Crippen LogP contribution in [0, 0.1) is 17.8 Å². The highest BCUT2D eigenvalue weighted by Gasteiger charge is 2.41. The minimum Gasteiger partial charge on any atom is -0.493 e. The third-order valence-corrected chi connectivity index (χ3v) is 6.03. The Morgan fingerprint density at radius 3 is 2.90 bits per heavy atom. The molecule has 2 fully saturated rings. The molecule has 4 rings (SSSR count). The largest absolute Gasteiger partial charge is 0.493 e. The summed E-state index contributed by atoms with van der Waals surface area (Å²) < 4.78 is 5.88. The summed E-state index contributed by atoms with van der Waals surface area (Å²) >= 11 is 0. The SMILES string of the molecule is CNC(CC1CC2CCC1C2)C1COc2ccccc21. The number of fused-ring (bicyclic) bond motifs is 3. The molecule has 2 aliphatic carbocycles. The lowest BCUT2D eigenvalue weighted by atomic mass is 9.80. The Kier molecular flexibility index (Phi) is 3.22. The smallest absolute Gasteiger partial charge is 0.122 e. The second-order valence-corrected chi connectivity index (χ2v) is 7.02. The summed E-state index contributed by atoms with van der Waals surface area (Å²) in [5.74, 6) is 4.67. The predicted molar refractivity (Wildman–Crippen MR) is 81.1 cm³/mol. The van der Waals surface area contributed by atoms with Crippen molar-refractivity contribution in [3.63, 3.8) is 0 Å². The van der Waals surface area contributed by atoms with Crippen LogP contribution in [-0.4, -0.2) is 19.7 Å². The van der Waals surface area contributed by atoms with Crippen molar-refractivity contribution < 1.29 is 4.74 Å². The number of benzene rings is 1. The van der Waals surface area contributed by atoms with Crippen molar-refractivity contribution in [3.8, 4) is 5.75 Å². The summed E-state index contributed by atoms with van der Waals surface area (Å²) in [6.07, 6.45) is 7.32. The molecule has 1 aromatic carbocycles. The monoisotopic (exact) mass is 271 g/mol. The van der Waals surface area contributed by atoms with E-state index in [2.05, 4.69) is 36.6 Å². The Bertz CT molecular complexity index is 486. The van der Waals surface area contributed by atoms with Crippen LogP contribution in [0.3, 0.4) is 0 Å². The Labute approximate surface area is 121 Å². The molecule has 3 aliphatic rings. The first kappa shape index (κ1) is 12.7. The number of nitrogens with one attached hydrogen (secondary N) is 1. The van der Waals surface area contributed by atoms with E-state index < -0.39 is 0 Å². The number of likely N-dealkylation sites (N-methyl/N-ethyl adjacent to an activating group) is 1. The fourth-order valence-corrected chi connectivity index (χ4v) is 5.00. The molecule has 2 nitrogen and oxygen atoms in total. The molecule has 1 aromatic rings. The predicted octanol–water partition coefficient (Wildman–Crippen LogP) is 3.58. The third-order valence-electron chi connectivity index (χ3n) is 6.03. The van der Waals surface area contributed by atoms with Crippen molar-refractivity contribution in [2.75, 3.05) is 13.7 Å². The van der Waals surface area contributed by atoms with Crippen LogP contribution in [0.1, 0.15) is 43.6 Å². The standard InChI is InChI=1S/C18H25NO/c1-19-17(10-14-9-12-6-7-13(14)8-12)16-11-20-18-5-3-2-4-15(16)18/h2-5,12-14,16-17,19H,6-11H2,1H3. The molecule has 108 valence electrons. The minimum atomic E-state index is 0.537. The Hall–Kier alpha value is -1.02. The van der Waals surface area contributed by atoms with Crippen molar-refractivity contribution in [1.82, 2.24) is 5.32 Å². The van der Waals surface area contributed by atoms with E-state index in [1.165, 1.54) is 37.7 Å². The molecule has 20 heavy (non-hydrogen) atoms. The lowest BCUT2D eigenvalue weighted by Crippen LogP contribution is -2.36. The van der Waals surface area contributed by atoms with Crippen LogP contribution >= 0.6 is 0 Å². The highest BCUT2D eigenvalue weighted by molar-refractivity contribution is 5.40. The first-order valence-corrected chi connectivity index (χ1v) is 8.24. The van der Waals surface area contributed by atoms with Gasteiger partial charge in [0.05, 0.1) is 6.61 Å². The fraction of sp³-hybridized carbons (Fsp3) is 0.667. The molecular weight excluding hydrogens is 246 g/mol. The number of ether oxygens (including phenoxy) is 1. The molecule has 0 spiro atoms. The summed E-state index contributed by atoms with van der Waals surface area (Å²) in [4.78, 5) is 0. The van der Waals surface area contributed by atoms with E-state index in [4.69, 9.17) is 4.74 Å². The van der Waals surface area contributed by atoms with Crippen LogP contribution in [0.4, 0.5) is 0 Å². The average Bonchev–Trinajstić information content (AvgIpc) is 3.19. The maximum atomic E-state index is 5.88. The van der Waals surface area contributed by atoms with Crippen LogP contribution in [0.2, 0.25) is 0 Å². The van der Waals surface area contributed by atoms with Gasteiger partial charge in [0, 0.05) is 17.5 Å². The maximum absolute atomic E-state index is 5.88. The van der Waals surface area contributed by atoms with Crippen LogP contribution in [-0.2, 0) is 0 Å². The molecule has 0 amide bonds.